The largest absolute Gasteiger partial charge is 0.496 e. The van der Waals surface area contributed by atoms with E-state index in [-0.39, 0.29) is 48.3 Å². The van der Waals surface area contributed by atoms with Gasteiger partial charge in [0, 0.05) is 44.8 Å². The maximum atomic E-state index is 14.2. The van der Waals surface area contributed by atoms with E-state index in [0.717, 1.165) is 12.1 Å². The molecule has 9 nitrogen and oxygen atoms in total. The Kier molecular flexibility index (Phi) is 13.0. The molecule has 0 aliphatic carbocycles. The fraction of sp³-hybridized carbons (Fsp3) is 0.395. The molecule has 1 aromatic heterocycles. The minimum absolute atomic E-state index is 0.0114. The van der Waals surface area contributed by atoms with Crippen LogP contribution in [0, 0.1) is 0 Å². The number of morpholine rings is 1. The highest BCUT2D eigenvalue weighted by Gasteiger charge is 2.37. The van der Waals surface area contributed by atoms with Crippen molar-refractivity contribution >= 4 is 17.6 Å². The smallest absolute Gasteiger partial charge is 0.416 e. The van der Waals surface area contributed by atoms with Crippen molar-refractivity contribution in [3.63, 3.8) is 0 Å². The first kappa shape index (κ1) is 42.1. The number of carbonyl (C=O) groups is 1. The van der Waals surface area contributed by atoms with E-state index in [2.05, 4.69) is 9.97 Å². The molecule has 302 valence electrons. The number of aromatic nitrogens is 2. The zero-order valence-corrected chi connectivity index (χ0v) is 30.1. The van der Waals surface area contributed by atoms with Crippen LogP contribution >= 0.6 is 0 Å². The van der Waals surface area contributed by atoms with Crippen molar-refractivity contribution in [2.45, 2.75) is 57.5 Å². The Hall–Kier alpha value is -5.10. The first-order chi connectivity index (χ1) is 26.3. The van der Waals surface area contributed by atoms with E-state index < -0.39 is 65.9 Å². The van der Waals surface area contributed by atoms with Crippen molar-refractivity contribution in [2.24, 2.45) is 0 Å². The van der Waals surface area contributed by atoms with Gasteiger partial charge in [0.25, 0.3) is 0 Å². The maximum absolute atomic E-state index is 14.2. The zero-order chi connectivity index (χ0) is 40.8. The summed E-state index contributed by atoms with van der Waals surface area (Å²) >= 11 is 0. The summed E-state index contributed by atoms with van der Waals surface area (Å²) in [5, 5.41) is 8.94. The lowest BCUT2D eigenvalue weighted by atomic mass is 9.93. The van der Waals surface area contributed by atoms with Crippen LogP contribution in [-0.2, 0) is 45.9 Å². The van der Waals surface area contributed by atoms with Gasteiger partial charge in [0.2, 0.25) is 5.95 Å². The number of hydrogen-bond acceptors (Lipinski definition) is 8. The predicted molar refractivity (Wildman–Crippen MR) is 186 cm³/mol. The Morgan fingerprint density at radius 3 is 2.04 bits per heavy atom. The lowest BCUT2D eigenvalue weighted by Crippen LogP contribution is -2.36. The zero-order valence-electron chi connectivity index (χ0n) is 30.1. The molecule has 0 spiro atoms. The van der Waals surface area contributed by atoms with E-state index in [1.807, 2.05) is 4.90 Å². The number of methoxy groups -OCH3 is 1. The summed E-state index contributed by atoms with van der Waals surface area (Å²) in [7, 11) is 1.34. The Labute approximate surface area is 315 Å². The second-order valence-corrected chi connectivity index (χ2v) is 13.0. The van der Waals surface area contributed by atoms with Crippen molar-refractivity contribution in [3.05, 3.63) is 100 Å². The number of ether oxygens (including phenoxy) is 3. The van der Waals surface area contributed by atoms with Gasteiger partial charge in [-0.1, -0.05) is 12.1 Å². The molecule has 1 aliphatic rings. The van der Waals surface area contributed by atoms with Crippen LogP contribution in [0.15, 0.2) is 67.0 Å². The van der Waals surface area contributed by atoms with Crippen molar-refractivity contribution < 1.29 is 63.6 Å². The summed E-state index contributed by atoms with van der Waals surface area (Å²) in [6.07, 6.45) is -12.8. The number of benzene rings is 3. The number of halogens is 9. The summed E-state index contributed by atoms with van der Waals surface area (Å²) in [4.78, 5) is 22.8. The van der Waals surface area contributed by atoms with Crippen molar-refractivity contribution in [2.75, 3.05) is 49.8 Å². The molecule has 1 atom stereocenters. The van der Waals surface area contributed by atoms with Gasteiger partial charge in [-0.25, -0.2) is 9.97 Å². The van der Waals surface area contributed by atoms with Gasteiger partial charge < -0.3 is 29.1 Å². The van der Waals surface area contributed by atoms with Crippen LogP contribution in [0.1, 0.15) is 59.3 Å². The van der Waals surface area contributed by atoms with Gasteiger partial charge >= 0.3 is 24.5 Å². The van der Waals surface area contributed by atoms with E-state index >= 15 is 0 Å². The number of carboxylic acid groups (broad SMARTS) is 1. The van der Waals surface area contributed by atoms with Gasteiger partial charge in [-0.15, -0.1) is 0 Å². The molecule has 1 saturated heterocycles. The highest BCUT2D eigenvalue weighted by molar-refractivity contribution is 5.75. The highest BCUT2D eigenvalue weighted by atomic mass is 19.4. The number of aliphatic carboxylic acids is 1. The van der Waals surface area contributed by atoms with Crippen LogP contribution in [0.3, 0.4) is 0 Å². The van der Waals surface area contributed by atoms with Gasteiger partial charge in [0.15, 0.2) is 0 Å². The standard InChI is InChI=1S/C38H37F9N4O5/c1-23(56-11-3-4-34(52)53)25-5-8-33(54-2)32(17-25)31-7-6-27(36(39,40)41)16-26(31)22-51(35-48-19-30(20-49-35)50-9-12-55-13-10-50)21-24-14-28(37(42,43)44)18-29(15-24)38(45,46)47/h5-8,14-20,23H,3-4,9-13,21-22H2,1-2H3,(H,52,53). The van der Waals surface area contributed by atoms with Crippen molar-refractivity contribution in [1.29, 1.82) is 0 Å². The van der Waals surface area contributed by atoms with Gasteiger partial charge in [-0.05, 0) is 78.1 Å². The van der Waals surface area contributed by atoms with Gasteiger partial charge in [0.05, 0.1) is 61.2 Å². The van der Waals surface area contributed by atoms with E-state index in [9.17, 15) is 44.3 Å². The summed E-state index contributed by atoms with van der Waals surface area (Å²) in [6, 6.07) is 8.81. The maximum Gasteiger partial charge on any atom is 0.416 e. The van der Waals surface area contributed by atoms with Crippen LogP contribution in [0.5, 0.6) is 5.75 Å². The molecule has 3 aromatic carbocycles. The van der Waals surface area contributed by atoms with Crippen molar-refractivity contribution in [3.8, 4) is 16.9 Å². The number of nitrogens with zero attached hydrogens (tertiary/aromatic N) is 4. The van der Waals surface area contributed by atoms with Gasteiger partial charge in [-0.3, -0.25) is 4.79 Å². The van der Waals surface area contributed by atoms with Crippen LogP contribution in [0.25, 0.3) is 11.1 Å². The first-order valence-electron chi connectivity index (χ1n) is 17.2. The van der Waals surface area contributed by atoms with E-state index in [1.54, 1.807) is 25.1 Å². The summed E-state index contributed by atoms with van der Waals surface area (Å²) in [6.45, 7) is 2.46. The molecule has 2 heterocycles. The van der Waals surface area contributed by atoms with E-state index in [4.69, 9.17) is 19.3 Å². The minimum atomic E-state index is -5.15. The van der Waals surface area contributed by atoms with Gasteiger partial charge in [0.1, 0.15) is 5.75 Å². The first-order valence-corrected chi connectivity index (χ1v) is 17.2. The SMILES string of the molecule is COc1ccc(C(C)OCCCC(=O)O)cc1-c1ccc(C(F)(F)F)cc1CN(Cc1cc(C(F)(F)F)cc(C(F)(F)F)c1)c1ncc(N2CCOCC2)cn1. The highest BCUT2D eigenvalue weighted by Crippen LogP contribution is 2.41. The molecule has 5 rings (SSSR count). The fourth-order valence-corrected chi connectivity index (χ4v) is 6.13. The lowest BCUT2D eigenvalue weighted by Gasteiger charge is -2.29. The number of rotatable bonds is 14. The van der Waals surface area contributed by atoms with Gasteiger partial charge in [-0.2, -0.15) is 39.5 Å². The second-order valence-electron chi connectivity index (χ2n) is 13.0. The van der Waals surface area contributed by atoms with Crippen LogP contribution in [0.2, 0.25) is 0 Å². The topological polar surface area (TPSA) is 97.3 Å². The molecular formula is C38H37F9N4O5. The third-order valence-electron chi connectivity index (χ3n) is 8.98. The summed E-state index contributed by atoms with van der Waals surface area (Å²) < 4.78 is 143. The average Bonchev–Trinajstić information content (AvgIpc) is 3.15. The predicted octanol–water partition coefficient (Wildman–Crippen LogP) is 9.19. The van der Waals surface area contributed by atoms with Crippen LogP contribution in [0.4, 0.5) is 51.1 Å². The molecule has 18 heteroatoms. The van der Waals surface area contributed by atoms with Crippen LogP contribution < -0.4 is 14.5 Å². The molecule has 0 radical (unpaired) electrons. The summed E-state index contributed by atoms with van der Waals surface area (Å²) in [5.41, 5.74) is -3.06. The Balaban J connectivity index is 1.62. The minimum Gasteiger partial charge on any atom is -0.496 e. The summed E-state index contributed by atoms with van der Waals surface area (Å²) in [5.74, 6) is -0.942. The molecular weight excluding hydrogens is 763 g/mol. The number of anilines is 2. The Morgan fingerprint density at radius 2 is 1.46 bits per heavy atom. The molecule has 1 fully saturated rings. The van der Waals surface area contributed by atoms with E-state index in [1.165, 1.54) is 30.5 Å². The monoisotopic (exact) mass is 800 g/mol. The number of hydrogen-bond donors (Lipinski definition) is 1. The molecule has 4 aromatic rings. The van der Waals surface area contributed by atoms with Crippen molar-refractivity contribution in [1.82, 2.24) is 9.97 Å². The third-order valence-corrected chi connectivity index (χ3v) is 8.98. The number of alkyl halides is 9. The molecule has 0 bridgehead atoms. The lowest BCUT2D eigenvalue weighted by molar-refractivity contribution is -0.143. The Morgan fingerprint density at radius 1 is 0.839 bits per heavy atom. The third kappa shape index (κ3) is 10.8. The molecule has 0 saturated carbocycles. The Bertz CT molecular complexity index is 1930. The molecule has 1 unspecified atom stereocenters. The van der Waals surface area contributed by atoms with E-state index in [0.29, 0.717) is 55.3 Å². The molecule has 1 N–H and O–H groups in total. The molecule has 56 heavy (non-hydrogen) atoms. The quantitative estimate of drug-likeness (QED) is 0.0990. The molecule has 0 amide bonds. The fourth-order valence-electron chi connectivity index (χ4n) is 6.13. The van der Waals surface area contributed by atoms with Crippen LogP contribution in [-0.4, -0.2) is 61.1 Å². The molecule has 1 aliphatic heterocycles. The normalized spacial score (nSPS) is 14.4. The number of carboxylic acids is 1. The second kappa shape index (κ2) is 17.4. The average molecular weight is 801 g/mol.